The van der Waals surface area contributed by atoms with Crippen molar-refractivity contribution in [3.05, 3.63) is 144 Å². The number of carbonyl (C=O) groups excluding carboxylic acids is 3. The van der Waals surface area contributed by atoms with Crippen LogP contribution in [0.2, 0.25) is 0 Å². The summed E-state index contributed by atoms with van der Waals surface area (Å²) in [6.45, 7) is 2.29. The molecule has 0 saturated heterocycles. The van der Waals surface area contributed by atoms with Gasteiger partial charge in [-0.2, -0.15) is 0 Å². The molecular weight excluding hydrogens is 642 g/mol. The van der Waals surface area contributed by atoms with Crippen molar-refractivity contribution in [2.75, 3.05) is 30.1 Å². The number of hydrogen-bond donors (Lipinski definition) is 2. The summed E-state index contributed by atoms with van der Waals surface area (Å²) in [6, 6.07) is 33.9. The number of aliphatic hydroxyl groups excluding tert-OH is 1. The number of methoxy groups -OCH3 is 1. The van der Waals surface area contributed by atoms with Crippen LogP contribution in [0.1, 0.15) is 40.4 Å². The number of benzene rings is 5. The quantitative estimate of drug-likeness (QED) is 0.146. The first-order valence-corrected chi connectivity index (χ1v) is 17.0. The third kappa shape index (κ3) is 6.05. The lowest BCUT2D eigenvalue weighted by Gasteiger charge is -2.28. The smallest absolute Gasteiger partial charge is 0.264 e. The molecule has 0 unspecified atom stereocenters. The minimum Gasteiger partial charge on any atom is -0.497 e. The molecule has 0 saturated carbocycles. The average Bonchev–Trinajstić information content (AvgIpc) is 3.56. The molecule has 9 heteroatoms. The van der Waals surface area contributed by atoms with Gasteiger partial charge >= 0.3 is 0 Å². The number of anilines is 3. The molecule has 9 nitrogen and oxygen atoms in total. The maximum Gasteiger partial charge on any atom is 0.264 e. The maximum absolute atomic E-state index is 14.3. The van der Waals surface area contributed by atoms with Crippen LogP contribution in [0.15, 0.2) is 121 Å². The molecule has 0 fully saturated rings. The number of carbonyl (C=O) groups is 3. The summed E-state index contributed by atoms with van der Waals surface area (Å²) in [7, 11) is 1.53. The zero-order chi connectivity index (χ0) is 35.7. The first-order chi connectivity index (χ1) is 24.7. The molecule has 0 aliphatic carbocycles. The number of aliphatic hydroxyl groups is 2. The summed E-state index contributed by atoms with van der Waals surface area (Å²) in [5, 5.41) is 23.8. The van der Waals surface area contributed by atoms with Crippen molar-refractivity contribution in [3.8, 4) is 5.75 Å². The molecule has 7 rings (SSSR count). The van der Waals surface area contributed by atoms with E-state index in [9.17, 15) is 24.6 Å². The van der Waals surface area contributed by atoms with Gasteiger partial charge in [0, 0.05) is 42.1 Å². The molecule has 2 N–H and O–H groups in total. The molecule has 2 aliphatic rings. The summed E-state index contributed by atoms with van der Waals surface area (Å²) < 4.78 is 5.48. The Morgan fingerprint density at radius 2 is 1.65 bits per heavy atom. The lowest BCUT2D eigenvalue weighted by Crippen LogP contribution is -2.44. The van der Waals surface area contributed by atoms with Gasteiger partial charge in [0.2, 0.25) is 5.91 Å². The summed E-state index contributed by atoms with van der Waals surface area (Å²) >= 11 is 0. The highest BCUT2D eigenvalue weighted by atomic mass is 16.5. The normalized spacial score (nSPS) is 17.0. The van der Waals surface area contributed by atoms with Crippen molar-refractivity contribution >= 4 is 45.6 Å². The van der Waals surface area contributed by atoms with Gasteiger partial charge in [-0.1, -0.05) is 85.8 Å². The predicted molar refractivity (Wildman–Crippen MR) is 197 cm³/mol. The first-order valence-electron chi connectivity index (χ1n) is 17.0. The van der Waals surface area contributed by atoms with Crippen LogP contribution in [-0.4, -0.2) is 53.1 Å². The van der Waals surface area contributed by atoms with Crippen LogP contribution in [-0.2, 0) is 28.3 Å². The van der Waals surface area contributed by atoms with Gasteiger partial charge in [0.25, 0.3) is 11.8 Å². The number of ether oxygens (including phenoxy) is 1. The van der Waals surface area contributed by atoms with Crippen LogP contribution in [0.25, 0.3) is 10.8 Å². The molecule has 2 atom stereocenters. The van der Waals surface area contributed by atoms with Crippen LogP contribution in [0, 0.1) is 5.92 Å². The standard InChI is InChI=1S/C42H39N3O6/c1-28(10-6-19-38(47)43(22-23-46)26-29-11-4-3-5-12-29)42(50)35-25-33(51-2)20-21-36(35)44(41(42)49)27-30-13-7-16-32(24-30)45-37-18-9-15-31-14-8-17-34(39(31)37)40(45)48/h3-18,20-21,24-25,28,46,50H,19,22-23,26-27H2,1-2H3/b10-6+/t28-,42+/m1/s1. The van der Waals surface area contributed by atoms with Gasteiger partial charge in [-0.25, -0.2) is 0 Å². The molecule has 0 bridgehead atoms. The highest BCUT2D eigenvalue weighted by Crippen LogP contribution is 2.48. The van der Waals surface area contributed by atoms with E-state index in [1.165, 1.54) is 7.11 Å². The molecule has 2 aliphatic heterocycles. The maximum atomic E-state index is 14.3. The van der Waals surface area contributed by atoms with Gasteiger partial charge < -0.3 is 24.7 Å². The topological polar surface area (TPSA) is 111 Å². The van der Waals surface area contributed by atoms with Crippen molar-refractivity contribution in [1.82, 2.24) is 4.90 Å². The Kier molecular flexibility index (Phi) is 9.16. The predicted octanol–water partition coefficient (Wildman–Crippen LogP) is 6.48. The van der Waals surface area contributed by atoms with Crippen molar-refractivity contribution in [2.24, 2.45) is 5.92 Å². The van der Waals surface area contributed by atoms with Gasteiger partial charge in [-0.15, -0.1) is 0 Å². The number of fused-ring (bicyclic) bond motifs is 1. The Morgan fingerprint density at radius 3 is 2.41 bits per heavy atom. The minimum absolute atomic E-state index is 0.0374. The summed E-state index contributed by atoms with van der Waals surface area (Å²) in [4.78, 5) is 46.0. The monoisotopic (exact) mass is 681 g/mol. The lowest BCUT2D eigenvalue weighted by atomic mass is 9.83. The Balaban J connectivity index is 1.13. The second-order valence-electron chi connectivity index (χ2n) is 13.0. The molecule has 258 valence electrons. The highest BCUT2D eigenvalue weighted by Gasteiger charge is 2.52. The highest BCUT2D eigenvalue weighted by molar-refractivity contribution is 6.27. The molecule has 3 amide bonds. The van der Waals surface area contributed by atoms with E-state index in [-0.39, 0.29) is 37.9 Å². The molecule has 0 spiro atoms. The van der Waals surface area contributed by atoms with Crippen molar-refractivity contribution < 1.29 is 29.3 Å². The van der Waals surface area contributed by atoms with E-state index in [4.69, 9.17) is 4.74 Å². The zero-order valence-electron chi connectivity index (χ0n) is 28.5. The van der Waals surface area contributed by atoms with E-state index in [0.717, 1.165) is 27.6 Å². The van der Waals surface area contributed by atoms with Gasteiger partial charge in [0.05, 0.1) is 37.2 Å². The van der Waals surface area contributed by atoms with E-state index < -0.39 is 17.4 Å². The second-order valence-corrected chi connectivity index (χ2v) is 13.0. The van der Waals surface area contributed by atoms with Crippen LogP contribution in [0.3, 0.4) is 0 Å². The minimum atomic E-state index is -1.93. The van der Waals surface area contributed by atoms with Crippen LogP contribution in [0.4, 0.5) is 17.1 Å². The molecule has 51 heavy (non-hydrogen) atoms. The fourth-order valence-electron chi connectivity index (χ4n) is 7.22. The van der Waals surface area contributed by atoms with E-state index in [1.807, 2.05) is 91.0 Å². The molecule has 2 heterocycles. The Morgan fingerprint density at radius 1 is 0.902 bits per heavy atom. The second kappa shape index (κ2) is 13.9. The first kappa shape index (κ1) is 33.7. The van der Waals surface area contributed by atoms with Crippen molar-refractivity contribution in [2.45, 2.75) is 32.0 Å². The average molecular weight is 682 g/mol. The molecular formula is C42H39N3O6. The lowest BCUT2D eigenvalue weighted by molar-refractivity contribution is -0.139. The Hall–Kier alpha value is -5.77. The summed E-state index contributed by atoms with van der Waals surface area (Å²) in [5.41, 5.74) is 2.91. The number of hydrogen-bond acceptors (Lipinski definition) is 6. The van der Waals surface area contributed by atoms with Gasteiger partial charge in [0.15, 0.2) is 5.60 Å². The van der Waals surface area contributed by atoms with Crippen molar-refractivity contribution in [1.29, 1.82) is 0 Å². The van der Waals surface area contributed by atoms with E-state index in [2.05, 4.69) is 0 Å². The van der Waals surface area contributed by atoms with Gasteiger partial charge in [0.1, 0.15) is 5.75 Å². The van der Waals surface area contributed by atoms with Crippen LogP contribution >= 0.6 is 0 Å². The molecule has 0 radical (unpaired) electrons. The fourth-order valence-corrected chi connectivity index (χ4v) is 7.22. The van der Waals surface area contributed by atoms with Gasteiger partial charge in [-0.3, -0.25) is 19.3 Å². The largest absolute Gasteiger partial charge is 0.497 e. The van der Waals surface area contributed by atoms with E-state index >= 15 is 0 Å². The number of rotatable bonds is 12. The van der Waals surface area contributed by atoms with Crippen LogP contribution in [0.5, 0.6) is 5.75 Å². The number of nitrogens with zero attached hydrogens (tertiary/aromatic N) is 3. The Labute approximate surface area is 296 Å². The Bertz CT molecular complexity index is 2160. The third-order valence-electron chi connectivity index (χ3n) is 9.86. The van der Waals surface area contributed by atoms with E-state index in [0.29, 0.717) is 34.8 Å². The fraction of sp³-hybridized carbons (Fsp3) is 0.214. The summed E-state index contributed by atoms with van der Waals surface area (Å²) in [5.74, 6) is -0.999. The van der Waals surface area contributed by atoms with Crippen molar-refractivity contribution in [3.63, 3.8) is 0 Å². The summed E-state index contributed by atoms with van der Waals surface area (Å²) in [6.07, 6.45) is 3.40. The SMILES string of the molecule is COc1ccc2c(c1)[C@@](O)([C@H](C)/C=C/CC(=O)N(CCO)Cc1ccccc1)C(=O)N2Cc1cccc(N2C(=O)c3cccc4cccc2c34)c1. The molecule has 5 aromatic rings. The zero-order valence-corrected chi connectivity index (χ0v) is 28.5. The van der Waals surface area contributed by atoms with Crippen LogP contribution < -0.4 is 14.5 Å². The van der Waals surface area contributed by atoms with E-state index in [1.54, 1.807) is 52.0 Å². The third-order valence-corrected chi connectivity index (χ3v) is 9.86. The molecule has 0 aromatic heterocycles. The number of amides is 3. The molecule has 5 aromatic carbocycles. The van der Waals surface area contributed by atoms with Gasteiger partial charge in [-0.05, 0) is 59.0 Å².